The van der Waals surface area contributed by atoms with E-state index in [0.29, 0.717) is 18.3 Å². The number of aryl methyl sites for hydroxylation is 1. The molecule has 23 heavy (non-hydrogen) atoms. The molecule has 0 aromatic carbocycles. The third-order valence-electron chi connectivity index (χ3n) is 4.48. The molecule has 8 nitrogen and oxygen atoms in total. The second-order valence-electron chi connectivity index (χ2n) is 6.30. The van der Waals surface area contributed by atoms with Crippen LogP contribution in [0.1, 0.15) is 49.0 Å². The molecule has 2 fully saturated rings. The van der Waals surface area contributed by atoms with Gasteiger partial charge in [0.15, 0.2) is 5.69 Å². The molecule has 2 aliphatic rings. The number of likely N-dealkylation sites (tertiary alicyclic amines) is 1. The first-order valence-corrected chi connectivity index (χ1v) is 8.36. The molecule has 1 atom stereocenters. The van der Waals surface area contributed by atoms with Crippen molar-refractivity contribution in [1.82, 2.24) is 30.5 Å². The van der Waals surface area contributed by atoms with E-state index in [2.05, 4.69) is 20.9 Å². The van der Waals surface area contributed by atoms with Crippen molar-refractivity contribution in [3.63, 3.8) is 0 Å². The molecule has 1 aliphatic heterocycles. The number of urea groups is 1. The standard InChI is InChI=1S/C15H24N6O2/c1-16-15(23)21-8-3-2-4-12(21)7-9-20-10-13(18-19-20)14(22)17-11-5-6-11/h10-12H,2-9H2,1H3,(H,16,23)(H,17,22). The Bertz CT molecular complexity index is 568. The molecule has 0 spiro atoms. The summed E-state index contributed by atoms with van der Waals surface area (Å²) >= 11 is 0. The Hall–Kier alpha value is -2.12. The fourth-order valence-electron chi connectivity index (χ4n) is 2.99. The molecule has 1 unspecified atom stereocenters. The third-order valence-corrected chi connectivity index (χ3v) is 4.48. The lowest BCUT2D eigenvalue weighted by atomic mass is 10.00. The molecule has 1 saturated carbocycles. The molecule has 2 N–H and O–H groups in total. The maximum Gasteiger partial charge on any atom is 0.317 e. The van der Waals surface area contributed by atoms with Crippen LogP contribution >= 0.6 is 0 Å². The number of aromatic nitrogens is 3. The summed E-state index contributed by atoms with van der Waals surface area (Å²) in [5.41, 5.74) is 0.365. The van der Waals surface area contributed by atoms with Gasteiger partial charge in [0.25, 0.3) is 5.91 Å². The summed E-state index contributed by atoms with van der Waals surface area (Å²) in [7, 11) is 1.66. The highest BCUT2D eigenvalue weighted by atomic mass is 16.2. The van der Waals surface area contributed by atoms with Crippen LogP contribution in [0.15, 0.2) is 6.20 Å². The van der Waals surface area contributed by atoms with E-state index in [-0.39, 0.29) is 18.0 Å². The number of rotatable bonds is 5. The van der Waals surface area contributed by atoms with Crippen LogP contribution < -0.4 is 10.6 Å². The maximum atomic E-state index is 11.9. The van der Waals surface area contributed by atoms with E-state index < -0.39 is 0 Å². The summed E-state index contributed by atoms with van der Waals surface area (Å²) in [5.74, 6) is -0.150. The second kappa shape index (κ2) is 6.97. The van der Waals surface area contributed by atoms with Crippen LogP contribution in [0, 0.1) is 0 Å². The van der Waals surface area contributed by atoms with Gasteiger partial charge in [0.1, 0.15) is 0 Å². The monoisotopic (exact) mass is 320 g/mol. The van der Waals surface area contributed by atoms with Crippen molar-refractivity contribution >= 4 is 11.9 Å². The van der Waals surface area contributed by atoms with Crippen molar-refractivity contribution in [3.8, 4) is 0 Å². The molecule has 3 rings (SSSR count). The largest absolute Gasteiger partial charge is 0.348 e. The SMILES string of the molecule is CNC(=O)N1CCCCC1CCn1cc(C(=O)NC2CC2)nn1. The lowest BCUT2D eigenvalue weighted by molar-refractivity contribution is 0.0946. The predicted octanol–water partition coefficient (Wildman–Crippen LogP) is 0.754. The number of carbonyl (C=O) groups excluding carboxylic acids is 2. The Morgan fingerprint density at radius 1 is 1.30 bits per heavy atom. The predicted molar refractivity (Wildman–Crippen MR) is 83.9 cm³/mol. The van der Waals surface area contributed by atoms with E-state index in [0.717, 1.165) is 45.1 Å². The van der Waals surface area contributed by atoms with Crippen molar-refractivity contribution in [3.05, 3.63) is 11.9 Å². The van der Waals surface area contributed by atoms with Crippen LogP contribution in [-0.4, -0.2) is 57.5 Å². The molecular weight excluding hydrogens is 296 g/mol. The lowest BCUT2D eigenvalue weighted by Crippen LogP contribution is -2.48. The molecule has 2 heterocycles. The smallest absolute Gasteiger partial charge is 0.317 e. The van der Waals surface area contributed by atoms with Crippen molar-refractivity contribution < 1.29 is 9.59 Å². The molecular formula is C15H24N6O2. The molecule has 1 aromatic heterocycles. The number of hydrogen-bond acceptors (Lipinski definition) is 4. The highest BCUT2D eigenvalue weighted by Gasteiger charge is 2.27. The van der Waals surface area contributed by atoms with E-state index in [1.54, 1.807) is 17.9 Å². The van der Waals surface area contributed by atoms with E-state index in [1.807, 2.05) is 4.90 Å². The minimum absolute atomic E-state index is 0.0159. The fraction of sp³-hybridized carbons (Fsp3) is 0.733. The third kappa shape index (κ3) is 4.00. The first-order valence-electron chi connectivity index (χ1n) is 8.36. The number of hydrogen-bond donors (Lipinski definition) is 2. The van der Waals surface area contributed by atoms with E-state index in [4.69, 9.17) is 0 Å². The summed E-state index contributed by atoms with van der Waals surface area (Å²) in [5, 5.41) is 13.6. The van der Waals surface area contributed by atoms with Crippen LogP contribution in [-0.2, 0) is 6.54 Å². The fourth-order valence-corrected chi connectivity index (χ4v) is 2.99. The van der Waals surface area contributed by atoms with Gasteiger partial charge in [0.05, 0.1) is 6.20 Å². The average molecular weight is 320 g/mol. The summed E-state index contributed by atoms with van der Waals surface area (Å²) in [6.07, 6.45) is 7.82. The Labute approximate surface area is 135 Å². The van der Waals surface area contributed by atoms with Crippen molar-refractivity contribution in [1.29, 1.82) is 0 Å². The maximum absolute atomic E-state index is 11.9. The van der Waals surface area contributed by atoms with Crippen LogP contribution in [0.5, 0.6) is 0 Å². The van der Waals surface area contributed by atoms with Gasteiger partial charge in [-0.3, -0.25) is 9.48 Å². The van der Waals surface area contributed by atoms with Gasteiger partial charge in [-0.05, 0) is 38.5 Å². The first kappa shape index (κ1) is 15.8. The normalized spacial score (nSPS) is 21.1. The van der Waals surface area contributed by atoms with Gasteiger partial charge in [-0.15, -0.1) is 5.10 Å². The Kier molecular flexibility index (Phi) is 4.78. The topological polar surface area (TPSA) is 92.2 Å². The number of nitrogens with zero attached hydrogens (tertiary/aromatic N) is 4. The molecule has 0 bridgehead atoms. The highest BCUT2D eigenvalue weighted by Crippen LogP contribution is 2.21. The van der Waals surface area contributed by atoms with Gasteiger partial charge < -0.3 is 15.5 Å². The van der Waals surface area contributed by atoms with E-state index >= 15 is 0 Å². The first-order chi connectivity index (χ1) is 11.2. The Balaban J connectivity index is 1.53. The molecule has 1 aromatic rings. The molecule has 0 radical (unpaired) electrons. The molecule has 8 heteroatoms. The van der Waals surface area contributed by atoms with E-state index in [9.17, 15) is 9.59 Å². The van der Waals surface area contributed by atoms with Crippen molar-refractivity contribution in [2.45, 2.75) is 57.2 Å². The summed E-state index contributed by atoms with van der Waals surface area (Å²) < 4.78 is 1.69. The van der Waals surface area contributed by atoms with Crippen molar-refractivity contribution in [2.75, 3.05) is 13.6 Å². The Morgan fingerprint density at radius 2 is 2.13 bits per heavy atom. The molecule has 3 amide bonds. The number of amides is 3. The number of carbonyl (C=O) groups is 2. The highest BCUT2D eigenvalue weighted by molar-refractivity contribution is 5.92. The second-order valence-corrected chi connectivity index (χ2v) is 6.30. The van der Waals surface area contributed by atoms with Crippen LogP contribution in [0.4, 0.5) is 4.79 Å². The van der Waals surface area contributed by atoms with Gasteiger partial charge in [-0.25, -0.2) is 4.79 Å². The molecule has 1 saturated heterocycles. The minimum Gasteiger partial charge on any atom is -0.348 e. The van der Waals surface area contributed by atoms with Gasteiger partial charge in [0.2, 0.25) is 0 Å². The van der Waals surface area contributed by atoms with Gasteiger partial charge in [-0.2, -0.15) is 0 Å². The minimum atomic E-state index is -0.150. The number of piperidine rings is 1. The lowest BCUT2D eigenvalue weighted by Gasteiger charge is -2.35. The summed E-state index contributed by atoms with van der Waals surface area (Å²) in [6.45, 7) is 1.46. The van der Waals surface area contributed by atoms with E-state index in [1.165, 1.54) is 0 Å². The van der Waals surface area contributed by atoms with Gasteiger partial charge in [-0.1, -0.05) is 5.21 Å². The molecule has 126 valence electrons. The van der Waals surface area contributed by atoms with Crippen molar-refractivity contribution in [2.24, 2.45) is 0 Å². The van der Waals surface area contributed by atoms with Gasteiger partial charge in [0, 0.05) is 32.2 Å². The molecule has 1 aliphatic carbocycles. The summed E-state index contributed by atoms with van der Waals surface area (Å²) in [6, 6.07) is 0.519. The van der Waals surface area contributed by atoms with Crippen LogP contribution in [0.25, 0.3) is 0 Å². The Morgan fingerprint density at radius 3 is 2.87 bits per heavy atom. The summed E-state index contributed by atoms with van der Waals surface area (Å²) in [4.78, 5) is 25.7. The number of nitrogens with one attached hydrogen (secondary N) is 2. The zero-order valence-corrected chi connectivity index (χ0v) is 13.5. The van der Waals surface area contributed by atoms with Crippen LogP contribution in [0.3, 0.4) is 0 Å². The average Bonchev–Trinajstić information content (AvgIpc) is 3.26. The zero-order chi connectivity index (χ0) is 16.2. The van der Waals surface area contributed by atoms with Crippen LogP contribution in [0.2, 0.25) is 0 Å². The zero-order valence-electron chi connectivity index (χ0n) is 13.5. The van der Waals surface area contributed by atoms with Gasteiger partial charge >= 0.3 is 6.03 Å². The quantitative estimate of drug-likeness (QED) is 0.837.